The predicted molar refractivity (Wildman–Crippen MR) is 125 cm³/mol. The number of sulfonamides is 1. The van der Waals surface area contributed by atoms with Gasteiger partial charge in [0.15, 0.2) is 0 Å². The molecule has 0 amide bonds. The van der Waals surface area contributed by atoms with Gasteiger partial charge in [0, 0.05) is 40.8 Å². The van der Waals surface area contributed by atoms with Crippen LogP contribution in [0.25, 0.3) is 20.5 Å². The highest BCUT2D eigenvalue weighted by molar-refractivity contribution is 7.91. The largest absolute Gasteiger partial charge is 0.311 e. The second kappa shape index (κ2) is 7.13. The molecular formula is C23H20N2O3S3. The number of fused-ring (bicyclic) bond motifs is 5. The maximum Gasteiger partial charge on any atom is 0.259 e. The predicted octanol–water partition coefficient (Wildman–Crippen LogP) is 4.60. The molecule has 0 spiro atoms. The van der Waals surface area contributed by atoms with Crippen LogP contribution in [0.3, 0.4) is 0 Å². The lowest BCUT2D eigenvalue weighted by atomic mass is 9.84. The van der Waals surface area contributed by atoms with E-state index < -0.39 is 10.0 Å². The van der Waals surface area contributed by atoms with Gasteiger partial charge in [0.25, 0.3) is 15.6 Å². The van der Waals surface area contributed by atoms with E-state index in [9.17, 15) is 13.2 Å². The zero-order chi connectivity index (χ0) is 21.2. The first-order chi connectivity index (χ1) is 15.0. The lowest BCUT2D eigenvalue weighted by molar-refractivity contribution is 0.186. The standard InChI is InChI=1S/C23H20N2O3S3/c26-23-18(21-11-16-4-1-2-5-20(16)30-21)7-8-19-17-10-15(13-25(19)23)12-24(14-17)31(27,28)22-6-3-9-29-22/h1-9,11,15,17H,10,12-14H2/t15-,17+/m0/s1. The third-order valence-electron chi connectivity index (χ3n) is 6.35. The van der Waals surface area contributed by atoms with Crippen LogP contribution in [0.4, 0.5) is 0 Å². The summed E-state index contributed by atoms with van der Waals surface area (Å²) >= 11 is 2.90. The van der Waals surface area contributed by atoms with Gasteiger partial charge in [-0.2, -0.15) is 4.31 Å². The van der Waals surface area contributed by atoms with Crippen molar-refractivity contribution in [3.8, 4) is 10.4 Å². The molecule has 0 N–H and O–H groups in total. The molecule has 2 aliphatic heterocycles. The van der Waals surface area contributed by atoms with Gasteiger partial charge in [0.1, 0.15) is 4.21 Å². The van der Waals surface area contributed by atoms with Crippen molar-refractivity contribution >= 4 is 42.8 Å². The number of nitrogens with zero attached hydrogens (tertiary/aromatic N) is 2. The Morgan fingerprint density at radius 1 is 0.968 bits per heavy atom. The fraction of sp³-hybridized carbons (Fsp3) is 0.261. The fourth-order valence-electron chi connectivity index (χ4n) is 4.94. The normalized spacial score (nSPS) is 21.3. The maximum absolute atomic E-state index is 13.4. The van der Waals surface area contributed by atoms with Gasteiger partial charge in [-0.1, -0.05) is 24.3 Å². The van der Waals surface area contributed by atoms with E-state index in [1.807, 2.05) is 28.8 Å². The van der Waals surface area contributed by atoms with Crippen molar-refractivity contribution in [2.75, 3.05) is 13.1 Å². The van der Waals surface area contributed by atoms with E-state index in [2.05, 4.69) is 18.2 Å². The molecule has 4 aromatic rings. The van der Waals surface area contributed by atoms with E-state index >= 15 is 0 Å². The van der Waals surface area contributed by atoms with Crippen LogP contribution in [0.15, 0.2) is 69.0 Å². The SMILES string of the molecule is O=c1c(-c2cc3ccccc3s2)ccc2n1C[C@H]1C[C@@H]2CN(S(=O)(=O)c2cccs2)C1. The van der Waals surface area contributed by atoms with Crippen LogP contribution < -0.4 is 5.56 Å². The molecular weight excluding hydrogens is 448 g/mol. The molecule has 5 nitrogen and oxygen atoms in total. The topological polar surface area (TPSA) is 59.4 Å². The van der Waals surface area contributed by atoms with Crippen molar-refractivity contribution < 1.29 is 8.42 Å². The highest BCUT2D eigenvalue weighted by atomic mass is 32.2. The molecule has 3 aromatic heterocycles. The summed E-state index contributed by atoms with van der Waals surface area (Å²) in [5.41, 5.74) is 1.72. The zero-order valence-corrected chi connectivity index (χ0v) is 19.1. The molecule has 8 heteroatoms. The summed E-state index contributed by atoms with van der Waals surface area (Å²) in [6.45, 7) is 1.47. The second-order valence-corrected chi connectivity index (χ2v) is 12.5. The number of hydrogen-bond donors (Lipinski definition) is 0. The maximum atomic E-state index is 13.4. The molecule has 1 fully saturated rings. The fourth-order valence-corrected chi connectivity index (χ4v) is 8.72. The minimum Gasteiger partial charge on any atom is -0.311 e. The third-order valence-corrected chi connectivity index (χ3v) is 10.7. The number of aromatic nitrogens is 1. The summed E-state index contributed by atoms with van der Waals surface area (Å²) in [6.07, 6.45) is 0.929. The Labute approximate surface area is 188 Å². The summed E-state index contributed by atoms with van der Waals surface area (Å²) in [4.78, 5) is 14.4. The molecule has 0 unspecified atom stereocenters. The molecule has 0 saturated carbocycles. The van der Waals surface area contributed by atoms with Gasteiger partial charge in [-0.3, -0.25) is 4.79 Å². The van der Waals surface area contributed by atoms with E-state index in [1.165, 1.54) is 16.0 Å². The summed E-state index contributed by atoms with van der Waals surface area (Å²) < 4.78 is 31.2. The molecule has 1 saturated heterocycles. The van der Waals surface area contributed by atoms with Crippen molar-refractivity contribution in [1.82, 2.24) is 8.87 Å². The van der Waals surface area contributed by atoms with Gasteiger partial charge in [0.05, 0.1) is 5.56 Å². The number of pyridine rings is 1. The monoisotopic (exact) mass is 468 g/mol. The molecule has 1 aromatic carbocycles. The van der Waals surface area contributed by atoms with Gasteiger partial charge in [-0.25, -0.2) is 8.42 Å². The quantitative estimate of drug-likeness (QED) is 0.442. The Bertz CT molecular complexity index is 1420. The highest BCUT2D eigenvalue weighted by Gasteiger charge is 2.40. The van der Waals surface area contributed by atoms with Gasteiger partial charge >= 0.3 is 0 Å². The van der Waals surface area contributed by atoms with Crippen molar-refractivity contribution in [3.05, 3.63) is 76.0 Å². The van der Waals surface area contributed by atoms with Crippen LogP contribution in [-0.4, -0.2) is 30.4 Å². The number of benzene rings is 1. The van der Waals surface area contributed by atoms with E-state index in [4.69, 9.17) is 0 Å². The summed E-state index contributed by atoms with van der Waals surface area (Å²) in [5, 5.41) is 2.94. The lowest BCUT2D eigenvalue weighted by Crippen LogP contribution is -2.49. The van der Waals surface area contributed by atoms with Crippen LogP contribution >= 0.6 is 22.7 Å². The number of hydrogen-bond acceptors (Lipinski definition) is 5. The molecule has 0 radical (unpaired) electrons. The first-order valence-corrected chi connectivity index (χ1v) is 13.4. The number of piperidine rings is 1. The van der Waals surface area contributed by atoms with E-state index in [0.29, 0.717) is 23.8 Å². The average molecular weight is 469 g/mol. The van der Waals surface area contributed by atoms with Crippen LogP contribution in [0, 0.1) is 5.92 Å². The van der Waals surface area contributed by atoms with Crippen molar-refractivity contribution in [3.63, 3.8) is 0 Å². The van der Waals surface area contributed by atoms with Crippen LogP contribution in [-0.2, 0) is 16.6 Å². The number of rotatable bonds is 3. The molecule has 31 heavy (non-hydrogen) atoms. The Morgan fingerprint density at radius 2 is 1.84 bits per heavy atom. The lowest BCUT2D eigenvalue weighted by Gasteiger charge is -2.42. The average Bonchev–Trinajstić information content (AvgIpc) is 3.45. The molecule has 158 valence electrons. The van der Waals surface area contributed by atoms with Gasteiger partial charge in [-0.05, 0) is 53.4 Å². The van der Waals surface area contributed by atoms with Crippen molar-refractivity contribution in [2.24, 2.45) is 5.92 Å². The van der Waals surface area contributed by atoms with Crippen molar-refractivity contribution in [1.29, 1.82) is 0 Å². The molecule has 6 rings (SSSR count). The minimum atomic E-state index is -3.47. The Balaban J connectivity index is 1.38. The minimum absolute atomic E-state index is 0.0355. The van der Waals surface area contributed by atoms with Gasteiger partial charge in [-0.15, -0.1) is 22.7 Å². The molecule has 2 atom stereocenters. The summed E-state index contributed by atoms with van der Waals surface area (Å²) in [7, 11) is -3.47. The molecule has 0 aliphatic carbocycles. The first kappa shape index (κ1) is 19.4. The van der Waals surface area contributed by atoms with Crippen LogP contribution in [0.1, 0.15) is 18.0 Å². The highest BCUT2D eigenvalue weighted by Crippen LogP contribution is 2.39. The van der Waals surface area contributed by atoms with Crippen molar-refractivity contribution in [2.45, 2.75) is 23.1 Å². The molecule has 2 bridgehead atoms. The summed E-state index contributed by atoms with van der Waals surface area (Å²) in [5.74, 6) is 0.197. The van der Waals surface area contributed by atoms with E-state index in [0.717, 1.165) is 27.9 Å². The van der Waals surface area contributed by atoms with E-state index in [-0.39, 0.29) is 17.4 Å². The first-order valence-electron chi connectivity index (χ1n) is 10.3. The Hall–Kier alpha value is -2.26. The summed E-state index contributed by atoms with van der Waals surface area (Å²) in [6, 6.07) is 17.6. The van der Waals surface area contributed by atoms with Gasteiger partial charge in [0.2, 0.25) is 0 Å². The zero-order valence-electron chi connectivity index (χ0n) is 16.6. The second-order valence-electron chi connectivity index (χ2n) is 8.29. The smallest absolute Gasteiger partial charge is 0.259 e. The van der Waals surface area contributed by atoms with E-state index in [1.54, 1.807) is 33.2 Å². The van der Waals surface area contributed by atoms with Gasteiger partial charge < -0.3 is 4.57 Å². The molecule has 5 heterocycles. The molecule has 2 aliphatic rings. The Kier molecular flexibility index (Phi) is 4.47. The van der Waals surface area contributed by atoms with Crippen LogP contribution in [0.2, 0.25) is 0 Å². The number of thiophene rings is 2. The third kappa shape index (κ3) is 3.12. The Morgan fingerprint density at radius 3 is 2.65 bits per heavy atom. The van der Waals surface area contributed by atoms with Crippen LogP contribution in [0.5, 0.6) is 0 Å².